The lowest BCUT2D eigenvalue weighted by Crippen LogP contribution is -1.87. The molecule has 136 valence electrons. The Morgan fingerprint density at radius 3 is 1.52 bits per heavy atom. The van der Waals surface area contributed by atoms with Crippen molar-refractivity contribution in [2.75, 3.05) is 0 Å². The summed E-state index contributed by atoms with van der Waals surface area (Å²) in [6.45, 7) is 2.28. The van der Waals surface area contributed by atoms with Gasteiger partial charge in [0.1, 0.15) is 0 Å². The Bertz CT molecular complexity index is 568. The summed E-state index contributed by atoms with van der Waals surface area (Å²) in [5, 5.41) is 0. The molecule has 0 aliphatic carbocycles. The van der Waals surface area contributed by atoms with Gasteiger partial charge in [0.05, 0.1) is 0 Å². The molecule has 0 heterocycles. The standard InChI is InChI=1S/C24H34S/c1-2-3-4-5-6-7-8-9-10-11-12-21-13-15-22(16-14-21)23-17-19-24(25)20-18-23/h13-20,25H,2-12H2,1H3. The molecule has 0 radical (unpaired) electrons. The molecule has 0 amide bonds. The maximum atomic E-state index is 4.35. The molecule has 0 aliphatic heterocycles. The molecule has 0 spiro atoms. The van der Waals surface area contributed by atoms with Crippen LogP contribution in [-0.2, 0) is 6.42 Å². The zero-order valence-corrected chi connectivity index (χ0v) is 16.7. The van der Waals surface area contributed by atoms with E-state index in [-0.39, 0.29) is 0 Å². The van der Waals surface area contributed by atoms with Gasteiger partial charge in [-0.2, -0.15) is 0 Å². The van der Waals surface area contributed by atoms with Gasteiger partial charge in [0.2, 0.25) is 0 Å². The van der Waals surface area contributed by atoms with Crippen molar-refractivity contribution in [3.8, 4) is 11.1 Å². The molecular weight excluding hydrogens is 320 g/mol. The predicted octanol–water partition coefficient (Wildman–Crippen LogP) is 8.11. The second kappa shape index (κ2) is 12.2. The van der Waals surface area contributed by atoms with Gasteiger partial charge in [-0.15, -0.1) is 12.6 Å². The Morgan fingerprint density at radius 1 is 0.560 bits per heavy atom. The monoisotopic (exact) mass is 354 g/mol. The van der Waals surface area contributed by atoms with Crippen LogP contribution in [0.4, 0.5) is 0 Å². The second-order valence-electron chi connectivity index (χ2n) is 7.18. The van der Waals surface area contributed by atoms with Gasteiger partial charge in [-0.25, -0.2) is 0 Å². The molecule has 2 aromatic rings. The van der Waals surface area contributed by atoms with Crippen molar-refractivity contribution in [1.82, 2.24) is 0 Å². The smallest absolute Gasteiger partial charge is 0.00404 e. The van der Waals surface area contributed by atoms with Crippen LogP contribution in [0.1, 0.15) is 76.7 Å². The number of hydrogen-bond acceptors (Lipinski definition) is 1. The minimum Gasteiger partial charge on any atom is -0.143 e. The van der Waals surface area contributed by atoms with Crippen LogP contribution in [0.25, 0.3) is 11.1 Å². The molecule has 0 fully saturated rings. The highest BCUT2D eigenvalue weighted by molar-refractivity contribution is 7.80. The molecular formula is C24H34S. The van der Waals surface area contributed by atoms with Gasteiger partial charge in [-0.3, -0.25) is 0 Å². The Morgan fingerprint density at radius 2 is 1.00 bits per heavy atom. The van der Waals surface area contributed by atoms with E-state index in [1.165, 1.54) is 87.3 Å². The predicted molar refractivity (Wildman–Crippen MR) is 115 cm³/mol. The van der Waals surface area contributed by atoms with Crippen LogP contribution < -0.4 is 0 Å². The summed E-state index contributed by atoms with van der Waals surface area (Å²) >= 11 is 4.35. The molecule has 2 rings (SSSR count). The number of aryl methyl sites for hydroxylation is 1. The van der Waals surface area contributed by atoms with E-state index in [1.807, 2.05) is 0 Å². The van der Waals surface area contributed by atoms with Crippen LogP contribution in [0.15, 0.2) is 53.4 Å². The Labute approximate surface area is 160 Å². The van der Waals surface area contributed by atoms with Gasteiger partial charge in [-0.05, 0) is 41.7 Å². The first-order chi connectivity index (χ1) is 12.3. The third-order valence-corrected chi connectivity index (χ3v) is 5.27. The SMILES string of the molecule is CCCCCCCCCCCCc1ccc(-c2ccc(S)cc2)cc1. The van der Waals surface area contributed by atoms with Crippen LogP contribution in [-0.4, -0.2) is 0 Å². The number of benzene rings is 2. The second-order valence-corrected chi connectivity index (χ2v) is 7.69. The van der Waals surface area contributed by atoms with E-state index in [0.717, 1.165) is 4.90 Å². The summed E-state index contributed by atoms with van der Waals surface area (Å²) in [6, 6.07) is 17.5. The summed E-state index contributed by atoms with van der Waals surface area (Å²) in [5.74, 6) is 0. The highest BCUT2D eigenvalue weighted by atomic mass is 32.1. The molecule has 0 aliphatic rings. The lowest BCUT2D eigenvalue weighted by molar-refractivity contribution is 0.556. The molecule has 1 heteroatoms. The third kappa shape index (κ3) is 8.14. The zero-order chi connectivity index (χ0) is 17.7. The summed E-state index contributed by atoms with van der Waals surface area (Å²) in [7, 11) is 0. The molecule has 0 atom stereocenters. The first kappa shape index (κ1) is 20.1. The molecule has 25 heavy (non-hydrogen) atoms. The van der Waals surface area contributed by atoms with E-state index in [2.05, 4.69) is 68.1 Å². The molecule has 0 saturated heterocycles. The maximum absolute atomic E-state index is 4.35. The number of thiol groups is 1. The average molecular weight is 355 g/mol. The van der Waals surface area contributed by atoms with Crippen LogP contribution in [0, 0.1) is 0 Å². The minimum absolute atomic E-state index is 1.02. The van der Waals surface area contributed by atoms with E-state index in [0.29, 0.717) is 0 Å². The van der Waals surface area contributed by atoms with Crippen molar-refractivity contribution in [2.24, 2.45) is 0 Å². The van der Waals surface area contributed by atoms with E-state index >= 15 is 0 Å². The zero-order valence-electron chi connectivity index (χ0n) is 15.8. The molecule has 0 nitrogen and oxygen atoms in total. The summed E-state index contributed by atoms with van der Waals surface area (Å²) < 4.78 is 0. The lowest BCUT2D eigenvalue weighted by atomic mass is 10.0. The molecule has 0 N–H and O–H groups in total. The van der Waals surface area contributed by atoms with Gasteiger partial charge in [0.25, 0.3) is 0 Å². The molecule has 0 saturated carbocycles. The van der Waals surface area contributed by atoms with Crippen LogP contribution in [0.3, 0.4) is 0 Å². The average Bonchev–Trinajstić information content (AvgIpc) is 2.64. The lowest BCUT2D eigenvalue weighted by Gasteiger charge is -2.06. The first-order valence-electron chi connectivity index (χ1n) is 10.2. The van der Waals surface area contributed by atoms with Gasteiger partial charge in [-0.1, -0.05) is 101 Å². The quantitative estimate of drug-likeness (QED) is 0.289. The Balaban J connectivity index is 1.58. The topological polar surface area (TPSA) is 0 Å². The fraction of sp³-hybridized carbons (Fsp3) is 0.500. The molecule has 0 aromatic heterocycles. The Hall–Kier alpha value is -1.21. The van der Waals surface area contributed by atoms with E-state index < -0.39 is 0 Å². The van der Waals surface area contributed by atoms with Crippen molar-refractivity contribution >= 4 is 12.6 Å². The third-order valence-electron chi connectivity index (χ3n) is 4.97. The Kier molecular flexibility index (Phi) is 9.81. The summed E-state index contributed by atoms with van der Waals surface area (Å²) in [5.41, 5.74) is 4.03. The maximum Gasteiger partial charge on any atom is 0.00404 e. The first-order valence-corrected chi connectivity index (χ1v) is 10.6. The summed E-state index contributed by atoms with van der Waals surface area (Å²) in [4.78, 5) is 1.02. The van der Waals surface area contributed by atoms with Crippen molar-refractivity contribution in [2.45, 2.75) is 82.4 Å². The fourth-order valence-electron chi connectivity index (χ4n) is 3.33. The largest absolute Gasteiger partial charge is 0.143 e. The normalized spacial score (nSPS) is 11.0. The van der Waals surface area contributed by atoms with E-state index in [4.69, 9.17) is 0 Å². The van der Waals surface area contributed by atoms with Crippen LogP contribution >= 0.6 is 12.6 Å². The molecule has 2 aromatic carbocycles. The van der Waals surface area contributed by atoms with Gasteiger partial charge in [0.15, 0.2) is 0 Å². The van der Waals surface area contributed by atoms with Gasteiger partial charge >= 0.3 is 0 Å². The molecule has 0 bridgehead atoms. The van der Waals surface area contributed by atoms with Crippen molar-refractivity contribution in [3.63, 3.8) is 0 Å². The van der Waals surface area contributed by atoms with Gasteiger partial charge < -0.3 is 0 Å². The number of rotatable bonds is 12. The highest BCUT2D eigenvalue weighted by Gasteiger charge is 1.99. The van der Waals surface area contributed by atoms with Crippen molar-refractivity contribution in [3.05, 3.63) is 54.1 Å². The van der Waals surface area contributed by atoms with E-state index in [1.54, 1.807) is 0 Å². The summed E-state index contributed by atoms with van der Waals surface area (Å²) in [6.07, 6.45) is 15.3. The van der Waals surface area contributed by atoms with E-state index in [9.17, 15) is 0 Å². The highest BCUT2D eigenvalue weighted by Crippen LogP contribution is 2.22. The van der Waals surface area contributed by atoms with Gasteiger partial charge in [0, 0.05) is 4.90 Å². The molecule has 0 unspecified atom stereocenters. The van der Waals surface area contributed by atoms with Crippen LogP contribution in [0.5, 0.6) is 0 Å². The van der Waals surface area contributed by atoms with Crippen molar-refractivity contribution in [1.29, 1.82) is 0 Å². The van der Waals surface area contributed by atoms with Crippen molar-refractivity contribution < 1.29 is 0 Å². The number of hydrogen-bond donors (Lipinski definition) is 1. The fourth-order valence-corrected chi connectivity index (χ4v) is 3.48. The van der Waals surface area contributed by atoms with Crippen LogP contribution in [0.2, 0.25) is 0 Å². The number of unbranched alkanes of at least 4 members (excludes halogenated alkanes) is 9. The minimum atomic E-state index is 1.02.